The molecule has 0 radical (unpaired) electrons. The third-order valence-corrected chi connectivity index (χ3v) is 5.17. The number of anilines is 1. The number of rotatable bonds is 3. The van der Waals surface area contributed by atoms with Crippen LogP contribution in [0, 0.1) is 5.41 Å². The topological polar surface area (TPSA) is 91.6 Å². The lowest BCUT2D eigenvalue weighted by Crippen LogP contribution is -2.31. The van der Waals surface area contributed by atoms with Crippen LogP contribution in [0.15, 0.2) is 36.8 Å². The van der Waals surface area contributed by atoms with Gasteiger partial charge in [-0.2, -0.15) is 18.3 Å². The van der Waals surface area contributed by atoms with Gasteiger partial charge in [0, 0.05) is 56.5 Å². The molecule has 1 amide bonds. The van der Waals surface area contributed by atoms with Crippen LogP contribution in [-0.4, -0.2) is 62.5 Å². The van der Waals surface area contributed by atoms with E-state index in [0.717, 1.165) is 38.4 Å². The lowest BCUT2D eigenvalue weighted by atomic mass is 9.86. The highest BCUT2D eigenvalue weighted by molar-refractivity contribution is 5.95. The molecule has 0 aliphatic carbocycles. The van der Waals surface area contributed by atoms with E-state index in [1.165, 1.54) is 5.56 Å². The van der Waals surface area contributed by atoms with Gasteiger partial charge < -0.3 is 5.11 Å². The molecule has 2 aromatic rings. The molecule has 2 aliphatic heterocycles. The summed E-state index contributed by atoms with van der Waals surface area (Å²) in [5, 5.41) is 11.4. The number of carboxylic acid groups (broad SMARTS) is 1. The molecule has 0 bridgehead atoms. The Kier molecular flexibility index (Phi) is 6.11. The summed E-state index contributed by atoms with van der Waals surface area (Å²) in [7, 11) is 1.94. The standard InChI is InChI=1S/C17H21N5O.C2HF3O2/c1-20-10-14(9-19-20)11-21-7-5-17(12-21)8-16(23)22(13-17)15-4-2-3-6-18-15;3-2(4,5)1(6)7/h2-4,6,9-10H,5,7-8,11-13H2,1H3;(H,6,7). The third-order valence-electron chi connectivity index (χ3n) is 5.17. The smallest absolute Gasteiger partial charge is 0.475 e. The summed E-state index contributed by atoms with van der Waals surface area (Å²) in [5.74, 6) is -1.78. The van der Waals surface area contributed by atoms with Crippen LogP contribution in [0.4, 0.5) is 19.0 Å². The number of likely N-dealkylation sites (tertiary alicyclic amines) is 1. The molecule has 4 heterocycles. The van der Waals surface area contributed by atoms with E-state index in [4.69, 9.17) is 9.90 Å². The Labute approximate surface area is 170 Å². The summed E-state index contributed by atoms with van der Waals surface area (Å²) in [5.41, 5.74) is 1.31. The molecule has 2 aromatic heterocycles. The summed E-state index contributed by atoms with van der Waals surface area (Å²) in [6.07, 6.45) is 2.35. The zero-order chi connectivity index (χ0) is 21.9. The van der Waals surface area contributed by atoms with Gasteiger partial charge in [-0.1, -0.05) is 6.07 Å². The molecule has 162 valence electrons. The number of halogens is 3. The average molecular weight is 425 g/mol. The Bertz CT molecular complexity index is 902. The van der Waals surface area contributed by atoms with Crippen LogP contribution in [0.2, 0.25) is 0 Å². The van der Waals surface area contributed by atoms with Crippen molar-refractivity contribution >= 4 is 17.7 Å². The predicted octanol–water partition coefficient (Wildman–Crippen LogP) is 2.08. The zero-order valence-electron chi connectivity index (χ0n) is 16.3. The number of carbonyl (C=O) groups excluding carboxylic acids is 1. The quantitative estimate of drug-likeness (QED) is 0.810. The highest BCUT2D eigenvalue weighted by atomic mass is 19.4. The number of alkyl halides is 3. The molecule has 30 heavy (non-hydrogen) atoms. The van der Waals surface area contributed by atoms with Gasteiger partial charge in [0.25, 0.3) is 0 Å². The molecule has 11 heteroatoms. The maximum absolute atomic E-state index is 12.5. The largest absolute Gasteiger partial charge is 0.490 e. The minimum Gasteiger partial charge on any atom is -0.475 e. The number of hydrogen-bond acceptors (Lipinski definition) is 5. The lowest BCUT2D eigenvalue weighted by Gasteiger charge is -2.23. The van der Waals surface area contributed by atoms with E-state index >= 15 is 0 Å². The number of hydrogen-bond donors (Lipinski definition) is 1. The van der Waals surface area contributed by atoms with Gasteiger partial charge in [0.1, 0.15) is 5.82 Å². The van der Waals surface area contributed by atoms with Gasteiger partial charge in [0.05, 0.1) is 6.20 Å². The highest BCUT2D eigenvalue weighted by Crippen LogP contribution is 2.41. The molecule has 2 fully saturated rings. The van der Waals surface area contributed by atoms with Gasteiger partial charge in [-0.3, -0.25) is 19.3 Å². The molecule has 8 nitrogen and oxygen atoms in total. The fourth-order valence-electron chi connectivity index (χ4n) is 3.87. The molecule has 2 aliphatic rings. The van der Waals surface area contributed by atoms with Crippen molar-refractivity contribution in [2.75, 3.05) is 24.5 Å². The van der Waals surface area contributed by atoms with Crippen LogP contribution in [-0.2, 0) is 23.2 Å². The van der Waals surface area contributed by atoms with Crippen LogP contribution in [0.1, 0.15) is 18.4 Å². The highest BCUT2D eigenvalue weighted by Gasteiger charge is 2.48. The van der Waals surface area contributed by atoms with E-state index < -0.39 is 12.1 Å². The number of carboxylic acids is 1. The van der Waals surface area contributed by atoms with Crippen molar-refractivity contribution in [1.29, 1.82) is 0 Å². The molecule has 1 spiro atoms. The van der Waals surface area contributed by atoms with Crippen molar-refractivity contribution < 1.29 is 27.9 Å². The van der Waals surface area contributed by atoms with Crippen molar-refractivity contribution in [1.82, 2.24) is 19.7 Å². The van der Waals surface area contributed by atoms with Crippen LogP contribution in [0.5, 0.6) is 0 Å². The van der Waals surface area contributed by atoms with Crippen molar-refractivity contribution in [3.63, 3.8) is 0 Å². The second-order valence-electron chi connectivity index (χ2n) is 7.63. The summed E-state index contributed by atoms with van der Waals surface area (Å²) < 4.78 is 33.6. The molecular formula is C19H22F3N5O3. The van der Waals surface area contributed by atoms with E-state index in [-0.39, 0.29) is 11.3 Å². The van der Waals surface area contributed by atoms with E-state index in [9.17, 15) is 18.0 Å². The number of carbonyl (C=O) groups is 2. The van der Waals surface area contributed by atoms with Gasteiger partial charge in [0.15, 0.2) is 0 Å². The Morgan fingerprint density at radius 2 is 2.03 bits per heavy atom. The van der Waals surface area contributed by atoms with E-state index in [2.05, 4.69) is 21.2 Å². The number of aromatic nitrogens is 3. The van der Waals surface area contributed by atoms with Crippen LogP contribution in [0.3, 0.4) is 0 Å². The molecule has 4 rings (SSSR count). The second-order valence-corrected chi connectivity index (χ2v) is 7.63. The zero-order valence-corrected chi connectivity index (χ0v) is 16.3. The fourth-order valence-corrected chi connectivity index (χ4v) is 3.87. The SMILES string of the molecule is Cn1cc(CN2CCC3(CC(=O)N(c4ccccn4)C3)C2)cn1.O=C(O)C(F)(F)F. The number of nitrogens with zero attached hydrogens (tertiary/aromatic N) is 5. The van der Waals surface area contributed by atoms with Crippen LogP contribution >= 0.6 is 0 Å². The van der Waals surface area contributed by atoms with Crippen molar-refractivity contribution in [2.45, 2.75) is 25.6 Å². The first-order chi connectivity index (χ1) is 14.1. The molecule has 0 saturated carbocycles. The Balaban J connectivity index is 0.000000318. The maximum atomic E-state index is 12.5. The summed E-state index contributed by atoms with van der Waals surface area (Å²) in [4.78, 5) is 30.0. The normalized spacial score (nSPS) is 21.7. The van der Waals surface area contributed by atoms with Crippen molar-refractivity contribution in [3.05, 3.63) is 42.4 Å². The van der Waals surface area contributed by atoms with Crippen molar-refractivity contribution in [3.8, 4) is 0 Å². The Hall–Kier alpha value is -2.95. The minimum atomic E-state index is -5.08. The number of pyridine rings is 1. The monoisotopic (exact) mass is 425 g/mol. The van der Waals surface area contributed by atoms with Gasteiger partial charge >= 0.3 is 12.1 Å². The average Bonchev–Trinajstić information content (AvgIpc) is 3.35. The first kappa shape index (κ1) is 21.8. The molecule has 0 aromatic carbocycles. The molecule has 1 atom stereocenters. The first-order valence-electron chi connectivity index (χ1n) is 9.29. The first-order valence-corrected chi connectivity index (χ1v) is 9.29. The van der Waals surface area contributed by atoms with Gasteiger partial charge in [-0.15, -0.1) is 0 Å². The molecule has 1 unspecified atom stereocenters. The van der Waals surface area contributed by atoms with E-state index in [0.29, 0.717) is 6.42 Å². The summed E-state index contributed by atoms with van der Waals surface area (Å²) >= 11 is 0. The maximum Gasteiger partial charge on any atom is 0.490 e. The van der Waals surface area contributed by atoms with Gasteiger partial charge in [0.2, 0.25) is 5.91 Å². The fraction of sp³-hybridized carbons (Fsp3) is 0.474. The lowest BCUT2D eigenvalue weighted by molar-refractivity contribution is -0.192. The van der Waals surface area contributed by atoms with E-state index in [1.54, 1.807) is 6.20 Å². The van der Waals surface area contributed by atoms with Crippen LogP contribution < -0.4 is 4.90 Å². The Morgan fingerprint density at radius 3 is 2.60 bits per heavy atom. The van der Waals surface area contributed by atoms with Gasteiger partial charge in [-0.05, 0) is 25.1 Å². The van der Waals surface area contributed by atoms with Crippen molar-refractivity contribution in [2.24, 2.45) is 12.5 Å². The summed E-state index contributed by atoms with van der Waals surface area (Å²) in [6, 6.07) is 5.73. The predicted molar refractivity (Wildman–Crippen MR) is 100 cm³/mol. The second kappa shape index (κ2) is 8.42. The number of aliphatic carboxylic acids is 1. The molecular weight excluding hydrogens is 403 g/mol. The van der Waals surface area contributed by atoms with Crippen LogP contribution in [0.25, 0.3) is 0 Å². The summed E-state index contributed by atoms with van der Waals surface area (Å²) in [6.45, 7) is 3.70. The van der Waals surface area contributed by atoms with Gasteiger partial charge in [-0.25, -0.2) is 9.78 Å². The number of aryl methyl sites for hydroxylation is 1. The minimum absolute atomic E-state index is 0.0802. The molecule has 2 saturated heterocycles. The third kappa shape index (κ3) is 5.15. The van der Waals surface area contributed by atoms with E-state index in [1.807, 2.05) is 41.0 Å². The Morgan fingerprint density at radius 1 is 1.30 bits per heavy atom. The number of amides is 1. The molecule has 1 N–H and O–H groups in total.